The molecular formula is C13H19F2N3O. The molecule has 0 heterocycles. The van der Waals surface area contributed by atoms with E-state index in [4.69, 9.17) is 5.73 Å². The number of halogens is 2. The molecule has 0 aromatic heterocycles. The number of rotatable bonds is 5. The Morgan fingerprint density at radius 3 is 2.53 bits per heavy atom. The molecule has 4 nitrogen and oxygen atoms in total. The summed E-state index contributed by atoms with van der Waals surface area (Å²) in [6.07, 6.45) is 0. The maximum absolute atomic E-state index is 13.6. The molecule has 0 saturated carbocycles. The predicted molar refractivity (Wildman–Crippen MR) is 71.7 cm³/mol. The van der Waals surface area contributed by atoms with Gasteiger partial charge in [-0.2, -0.15) is 0 Å². The number of hydrogen-bond acceptors (Lipinski definition) is 3. The van der Waals surface area contributed by atoms with Gasteiger partial charge in [-0.05, 0) is 25.0 Å². The smallest absolute Gasteiger partial charge is 0.242 e. The zero-order chi connectivity index (χ0) is 14.6. The largest absolute Gasteiger partial charge is 0.397 e. The fraction of sp³-hybridized carbons (Fsp3) is 0.462. The highest BCUT2D eigenvalue weighted by Gasteiger charge is 2.18. The maximum atomic E-state index is 13.6. The van der Waals surface area contributed by atoms with Crippen LogP contribution in [0.15, 0.2) is 12.1 Å². The summed E-state index contributed by atoms with van der Waals surface area (Å²) in [5.74, 6) is -2.07. The van der Waals surface area contributed by atoms with Gasteiger partial charge in [0.2, 0.25) is 5.91 Å². The molecule has 0 aliphatic rings. The van der Waals surface area contributed by atoms with E-state index in [0.717, 1.165) is 6.07 Å². The molecule has 0 aliphatic heterocycles. The molecule has 0 radical (unpaired) electrons. The molecular weight excluding hydrogens is 252 g/mol. The van der Waals surface area contributed by atoms with Crippen LogP contribution >= 0.6 is 0 Å². The lowest BCUT2D eigenvalue weighted by Crippen LogP contribution is -2.39. The van der Waals surface area contributed by atoms with E-state index in [2.05, 4.69) is 10.6 Å². The van der Waals surface area contributed by atoms with Gasteiger partial charge in [0.05, 0.1) is 11.4 Å². The second kappa shape index (κ2) is 6.36. The number of nitrogen functional groups attached to an aromatic ring is 1. The molecule has 1 aromatic rings. The fourth-order valence-corrected chi connectivity index (χ4v) is 1.45. The average Bonchev–Trinajstić information content (AvgIpc) is 2.36. The van der Waals surface area contributed by atoms with E-state index >= 15 is 0 Å². The summed E-state index contributed by atoms with van der Waals surface area (Å²) in [7, 11) is 0. The van der Waals surface area contributed by atoms with Gasteiger partial charge >= 0.3 is 0 Å². The number of anilines is 2. The van der Waals surface area contributed by atoms with Crippen molar-refractivity contribution in [3.8, 4) is 0 Å². The Hall–Kier alpha value is -1.85. The van der Waals surface area contributed by atoms with Crippen molar-refractivity contribution in [2.45, 2.75) is 26.8 Å². The van der Waals surface area contributed by atoms with Gasteiger partial charge < -0.3 is 16.4 Å². The summed E-state index contributed by atoms with van der Waals surface area (Å²) < 4.78 is 26.6. The quantitative estimate of drug-likeness (QED) is 0.719. The van der Waals surface area contributed by atoms with E-state index in [1.165, 1.54) is 6.07 Å². The summed E-state index contributed by atoms with van der Waals surface area (Å²) in [6, 6.07) is 1.48. The van der Waals surface area contributed by atoms with Crippen LogP contribution in [0.2, 0.25) is 0 Å². The van der Waals surface area contributed by atoms with Crippen LogP contribution in [0.5, 0.6) is 0 Å². The number of hydrogen-bond donors (Lipinski definition) is 3. The predicted octanol–water partition coefficient (Wildman–Crippen LogP) is 2.12. The Bertz CT molecular complexity index is 463. The first kappa shape index (κ1) is 15.2. The molecule has 19 heavy (non-hydrogen) atoms. The minimum Gasteiger partial charge on any atom is -0.397 e. The van der Waals surface area contributed by atoms with Crippen molar-refractivity contribution in [1.82, 2.24) is 5.32 Å². The highest BCUT2D eigenvalue weighted by Crippen LogP contribution is 2.25. The van der Waals surface area contributed by atoms with Crippen LogP contribution in [0, 0.1) is 17.6 Å². The molecule has 1 unspecified atom stereocenters. The van der Waals surface area contributed by atoms with E-state index < -0.39 is 17.7 Å². The number of amides is 1. The van der Waals surface area contributed by atoms with Crippen molar-refractivity contribution in [3.05, 3.63) is 23.8 Å². The second-order valence-corrected chi connectivity index (χ2v) is 4.83. The Morgan fingerprint density at radius 2 is 1.95 bits per heavy atom. The normalized spacial score (nSPS) is 12.3. The van der Waals surface area contributed by atoms with Crippen molar-refractivity contribution in [1.29, 1.82) is 0 Å². The zero-order valence-electron chi connectivity index (χ0n) is 11.3. The van der Waals surface area contributed by atoms with Gasteiger partial charge in [0, 0.05) is 6.54 Å². The summed E-state index contributed by atoms with van der Waals surface area (Å²) in [6.45, 7) is 6.00. The number of carbonyl (C=O) groups is 1. The van der Waals surface area contributed by atoms with Crippen LogP contribution in [-0.2, 0) is 4.79 Å². The first-order valence-corrected chi connectivity index (χ1v) is 6.10. The molecule has 0 bridgehead atoms. The van der Waals surface area contributed by atoms with Crippen LogP contribution in [-0.4, -0.2) is 18.5 Å². The van der Waals surface area contributed by atoms with Crippen LogP contribution in [0.3, 0.4) is 0 Å². The summed E-state index contributed by atoms with van der Waals surface area (Å²) in [4.78, 5) is 11.7. The van der Waals surface area contributed by atoms with Crippen molar-refractivity contribution in [3.63, 3.8) is 0 Å². The van der Waals surface area contributed by atoms with Crippen LogP contribution in [0.1, 0.15) is 20.8 Å². The highest BCUT2D eigenvalue weighted by atomic mass is 19.2. The average molecular weight is 271 g/mol. The first-order chi connectivity index (χ1) is 8.82. The van der Waals surface area contributed by atoms with Gasteiger partial charge in [-0.3, -0.25) is 4.79 Å². The van der Waals surface area contributed by atoms with Crippen LogP contribution in [0.4, 0.5) is 20.2 Å². The van der Waals surface area contributed by atoms with E-state index in [0.29, 0.717) is 12.5 Å². The minimum atomic E-state index is -1.08. The third-order valence-electron chi connectivity index (χ3n) is 2.57. The Balaban J connectivity index is 2.74. The van der Waals surface area contributed by atoms with Crippen molar-refractivity contribution >= 4 is 17.3 Å². The molecule has 0 aliphatic carbocycles. The minimum absolute atomic E-state index is 0.0578. The zero-order valence-corrected chi connectivity index (χ0v) is 11.3. The number of carbonyl (C=O) groups excluding carboxylic acids is 1. The third kappa shape index (κ3) is 4.08. The Kier molecular flexibility index (Phi) is 5.09. The molecule has 1 rings (SSSR count). The summed E-state index contributed by atoms with van der Waals surface area (Å²) >= 11 is 0. The first-order valence-electron chi connectivity index (χ1n) is 6.10. The van der Waals surface area contributed by atoms with E-state index in [9.17, 15) is 13.6 Å². The monoisotopic (exact) mass is 271 g/mol. The lowest BCUT2D eigenvalue weighted by molar-refractivity contribution is -0.121. The Morgan fingerprint density at radius 1 is 1.32 bits per heavy atom. The van der Waals surface area contributed by atoms with E-state index in [1.807, 2.05) is 13.8 Å². The second-order valence-electron chi connectivity index (χ2n) is 4.83. The molecule has 1 aromatic carbocycles. The van der Waals surface area contributed by atoms with Crippen molar-refractivity contribution in [2.75, 3.05) is 17.6 Å². The molecule has 106 valence electrons. The van der Waals surface area contributed by atoms with E-state index in [-0.39, 0.29) is 17.3 Å². The topological polar surface area (TPSA) is 67.2 Å². The standard InChI is InChI=1S/C13H19F2N3O/c1-7(2)6-17-13(19)8(3)18-12-10(16)5-4-9(14)11(12)15/h4-5,7-8,18H,6,16H2,1-3H3,(H,17,19). The molecule has 6 heteroatoms. The molecule has 0 fully saturated rings. The summed E-state index contributed by atoms with van der Waals surface area (Å²) in [5.41, 5.74) is 5.43. The lowest BCUT2D eigenvalue weighted by Gasteiger charge is -2.18. The van der Waals surface area contributed by atoms with Crippen molar-refractivity contribution < 1.29 is 13.6 Å². The number of nitrogens with two attached hydrogens (primary N) is 1. The van der Waals surface area contributed by atoms with Gasteiger partial charge in [0.25, 0.3) is 0 Å². The van der Waals surface area contributed by atoms with Gasteiger partial charge in [-0.1, -0.05) is 13.8 Å². The molecule has 0 saturated heterocycles. The maximum Gasteiger partial charge on any atom is 0.242 e. The van der Waals surface area contributed by atoms with Gasteiger partial charge in [0.1, 0.15) is 6.04 Å². The fourth-order valence-electron chi connectivity index (χ4n) is 1.45. The van der Waals surface area contributed by atoms with Crippen LogP contribution < -0.4 is 16.4 Å². The lowest BCUT2D eigenvalue weighted by atomic mass is 10.2. The van der Waals surface area contributed by atoms with Gasteiger partial charge in [0.15, 0.2) is 11.6 Å². The van der Waals surface area contributed by atoms with Crippen molar-refractivity contribution in [2.24, 2.45) is 5.92 Å². The summed E-state index contributed by atoms with van der Waals surface area (Å²) in [5, 5.41) is 5.29. The van der Waals surface area contributed by atoms with E-state index in [1.54, 1.807) is 6.92 Å². The van der Waals surface area contributed by atoms with Gasteiger partial charge in [-0.25, -0.2) is 8.78 Å². The Labute approximate surface area is 111 Å². The van der Waals surface area contributed by atoms with Gasteiger partial charge in [-0.15, -0.1) is 0 Å². The number of benzene rings is 1. The number of nitrogens with one attached hydrogen (secondary N) is 2. The molecule has 4 N–H and O–H groups in total. The van der Waals surface area contributed by atoms with Crippen LogP contribution in [0.25, 0.3) is 0 Å². The highest BCUT2D eigenvalue weighted by molar-refractivity contribution is 5.85. The SMILES string of the molecule is CC(C)CNC(=O)C(C)Nc1c(N)ccc(F)c1F. The molecule has 1 amide bonds. The molecule has 1 atom stereocenters. The third-order valence-corrected chi connectivity index (χ3v) is 2.57. The molecule has 0 spiro atoms.